The lowest BCUT2D eigenvalue weighted by atomic mass is 10.2. The Hall–Kier alpha value is -2.30. The van der Waals surface area contributed by atoms with Gasteiger partial charge in [0, 0.05) is 30.2 Å². The molecule has 4 rings (SSSR count). The van der Waals surface area contributed by atoms with E-state index in [9.17, 15) is 13.2 Å². The molecule has 1 saturated heterocycles. The van der Waals surface area contributed by atoms with Crippen molar-refractivity contribution in [1.29, 1.82) is 0 Å². The minimum Gasteiger partial charge on any atom is -0.354 e. The average Bonchev–Trinajstić information content (AvgIpc) is 3.36. The summed E-state index contributed by atoms with van der Waals surface area (Å²) in [7, 11) is -3.72. The first-order chi connectivity index (χ1) is 14.0. The maximum atomic E-state index is 13.0. The molecule has 0 aliphatic carbocycles. The zero-order valence-corrected chi connectivity index (χ0v) is 17.9. The molecule has 29 heavy (non-hydrogen) atoms. The van der Waals surface area contributed by atoms with Crippen LogP contribution in [-0.2, 0) is 21.2 Å². The predicted octanol–water partition coefficient (Wildman–Crippen LogP) is 2.00. The second-order valence-electron chi connectivity index (χ2n) is 6.81. The van der Waals surface area contributed by atoms with E-state index in [1.165, 1.54) is 4.31 Å². The Morgan fingerprint density at radius 3 is 2.76 bits per heavy atom. The molecular formula is C19H20BrN5O3S. The molecule has 2 aromatic heterocycles. The maximum absolute atomic E-state index is 13.0. The Kier molecular flexibility index (Phi) is 5.66. The van der Waals surface area contributed by atoms with Gasteiger partial charge in [0.25, 0.3) is 0 Å². The summed E-state index contributed by atoms with van der Waals surface area (Å²) in [6, 6.07) is 11.4. The summed E-state index contributed by atoms with van der Waals surface area (Å²) in [4.78, 5) is 12.9. The Morgan fingerprint density at radius 2 is 1.97 bits per heavy atom. The summed E-state index contributed by atoms with van der Waals surface area (Å²) in [6.07, 6.45) is 3.54. The number of nitrogens with zero attached hydrogens (tertiary/aromatic N) is 4. The van der Waals surface area contributed by atoms with E-state index in [1.54, 1.807) is 24.3 Å². The molecule has 152 valence electrons. The molecule has 1 N–H and O–H groups in total. The number of fused-ring (bicyclic) bond motifs is 1. The fourth-order valence-corrected chi connectivity index (χ4v) is 5.43. The van der Waals surface area contributed by atoms with E-state index in [0.29, 0.717) is 32.4 Å². The van der Waals surface area contributed by atoms with Gasteiger partial charge in [-0.2, -0.15) is 4.31 Å². The van der Waals surface area contributed by atoms with E-state index in [4.69, 9.17) is 0 Å². The van der Waals surface area contributed by atoms with Crippen LogP contribution in [0.15, 0.2) is 58.0 Å². The van der Waals surface area contributed by atoms with Gasteiger partial charge in [0.2, 0.25) is 15.9 Å². The van der Waals surface area contributed by atoms with Gasteiger partial charge in [-0.3, -0.25) is 9.20 Å². The van der Waals surface area contributed by atoms with E-state index in [1.807, 2.05) is 28.8 Å². The maximum Gasteiger partial charge on any atom is 0.243 e. The van der Waals surface area contributed by atoms with Gasteiger partial charge in [0.05, 0.1) is 4.90 Å². The molecule has 0 bridgehead atoms. The topological polar surface area (TPSA) is 96.7 Å². The van der Waals surface area contributed by atoms with Crippen molar-refractivity contribution in [1.82, 2.24) is 24.2 Å². The van der Waals surface area contributed by atoms with E-state index in [2.05, 4.69) is 31.4 Å². The molecule has 3 aromatic rings. The van der Waals surface area contributed by atoms with Crippen LogP contribution in [0.1, 0.15) is 18.7 Å². The van der Waals surface area contributed by atoms with Crippen molar-refractivity contribution in [2.75, 3.05) is 13.1 Å². The molecule has 1 amide bonds. The molecule has 8 nitrogen and oxygen atoms in total. The van der Waals surface area contributed by atoms with Crippen molar-refractivity contribution in [2.45, 2.75) is 30.2 Å². The van der Waals surface area contributed by atoms with Crippen LogP contribution in [0.3, 0.4) is 0 Å². The number of carbonyl (C=O) groups is 1. The Balaban J connectivity index is 1.42. The summed E-state index contributed by atoms with van der Waals surface area (Å²) >= 11 is 3.31. The van der Waals surface area contributed by atoms with Gasteiger partial charge in [-0.25, -0.2) is 8.42 Å². The van der Waals surface area contributed by atoms with E-state index >= 15 is 0 Å². The fraction of sp³-hybridized carbons (Fsp3) is 0.316. The van der Waals surface area contributed by atoms with Crippen LogP contribution in [0.2, 0.25) is 0 Å². The number of hydrogen-bond acceptors (Lipinski definition) is 5. The van der Waals surface area contributed by atoms with Crippen molar-refractivity contribution in [3.63, 3.8) is 0 Å². The van der Waals surface area contributed by atoms with E-state index in [-0.39, 0.29) is 10.8 Å². The normalized spacial score (nSPS) is 17.6. The Morgan fingerprint density at radius 1 is 1.17 bits per heavy atom. The molecule has 1 unspecified atom stereocenters. The summed E-state index contributed by atoms with van der Waals surface area (Å²) < 4.78 is 29.9. The minimum absolute atomic E-state index is 0.190. The summed E-state index contributed by atoms with van der Waals surface area (Å²) in [6.45, 7) is 0.697. The number of aromatic nitrogens is 3. The molecule has 0 radical (unpaired) electrons. The fourth-order valence-electron chi connectivity index (χ4n) is 3.51. The molecule has 0 saturated carbocycles. The number of halogens is 1. The van der Waals surface area contributed by atoms with Gasteiger partial charge in [0.15, 0.2) is 5.65 Å². The van der Waals surface area contributed by atoms with Crippen molar-refractivity contribution >= 4 is 37.5 Å². The zero-order chi connectivity index (χ0) is 20.4. The van der Waals surface area contributed by atoms with Crippen LogP contribution in [0.4, 0.5) is 0 Å². The van der Waals surface area contributed by atoms with Gasteiger partial charge >= 0.3 is 0 Å². The summed E-state index contributed by atoms with van der Waals surface area (Å²) in [5.74, 6) is 0.462. The monoisotopic (exact) mass is 477 g/mol. The third-order valence-corrected chi connectivity index (χ3v) is 7.41. The number of benzene rings is 1. The number of pyridine rings is 1. The van der Waals surface area contributed by atoms with Gasteiger partial charge in [-0.1, -0.05) is 22.0 Å². The highest BCUT2D eigenvalue weighted by molar-refractivity contribution is 9.10. The number of rotatable bonds is 6. The molecule has 10 heteroatoms. The minimum atomic E-state index is -3.72. The number of carbonyl (C=O) groups excluding carboxylic acids is 1. The Bertz CT molecular complexity index is 1130. The standard InChI is InChI=1S/C19H20BrN5O3S/c20-14-6-8-15(9-7-14)29(27,28)25-13-3-4-16(25)19(26)21-11-10-18-23-22-17-5-1-2-12-24(17)18/h1-2,5-9,12,16H,3-4,10-11,13H2,(H,21,26). The van der Waals surface area contributed by atoms with Crippen molar-refractivity contribution in [3.8, 4) is 0 Å². The molecule has 1 atom stereocenters. The van der Waals surface area contributed by atoms with Crippen molar-refractivity contribution in [3.05, 3.63) is 59.0 Å². The molecule has 0 spiro atoms. The third-order valence-electron chi connectivity index (χ3n) is 4.96. The quantitative estimate of drug-likeness (QED) is 0.585. The number of amides is 1. The molecule has 3 heterocycles. The molecule has 1 aliphatic heterocycles. The second-order valence-corrected chi connectivity index (χ2v) is 9.62. The highest BCUT2D eigenvalue weighted by Gasteiger charge is 2.39. The van der Waals surface area contributed by atoms with Gasteiger partial charge in [0.1, 0.15) is 11.9 Å². The van der Waals surface area contributed by atoms with Crippen LogP contribution < -0.4 is 5.32 Å². The molecular weight excluding hydrogens is 458 g/mol. The van der Waals surface area contributed by atoms with Gasteiger partial charge in [-0.15, -0.1) is 10.2 Å². The van der Waals surface area contributed by atoms with Crippen LogP contribution >= 0.6 is 15.9 Å². The van der Waals surface area contributed by atoms with E-state index < -0.39 is 16.1 Å². The Labute approximate surface area is 177 Å². The smallest absolute Gasteiger partial charge is 0.243 e. The molecule has 1 aliphatic rings. The van der Waals surface area contributed by atoms with Crippen LogP contribution in [0, 0.1) is 0 Å². The largest absolute Gasteiger partial charge is 0.354 e. The summed E-state index contributed by atoms with van der Waals surface area (Å²) in [5.41, 5.74) is 0.747. The molecule has 1 aromatic carbocycles. The lowest BCUT2D eigenvalue weighted by Gasteiger charge is -2.23. The number of nitrogens with one attached hydrogen (secondary N) is 1. The first-order valence-corrected chi connectivity index (χ1v) is 11.5. The van der Waals surface area contributed by atoms with Crippen LogP contribution in [-0.4, -0.2) is 52.4 Å². The van der Waals surface area contributed by atoms with Gasteiger partial charge < -0.3 is 5.32 Å². The summed E-state index contributed by atoms with van der Waals surface area (Å²) in [5, 5.41) is 11.1. The van der Waals surface area contributed by atoms with Gasteiger partial charge in [-0.05, 0) is 49.2 Å². The zero-order valence-electron chi connectivity index (χ0n) is 15.5. The number of sulfonamides is 1. The first kappa shape index (κ1) is 20.0. The van der Waals surface area contributed by atoms with Crippen molar-refractivity contribution in [2.24, 2.45) is 0 Å². The SMILES string of the molecule is O=C(NCCc1nnc2ccccn12)C1CCCN1S(=O)(=O)c1ccc(Br)cc1. The first-order valence-electron chi connectivity index (χ1n) is 9.30. The predicted molar refractivity (Wildman–Crippen MR) is 111 cm³/mol. The number of hydrogen-bond donors (Lipinski definition) is 1. The average molecular weight is 478 g/mol. The lowest BCUT2D eigenvalue weighted by molar-refractivity contribution is -0.124. The third kappa shape index (κ3) is 4.05. The lowest BCUT2D eigenvalue weighted by Crippen LogP contribution is -2.46. The van der Waals surface area contributed by atoms with Crippen LogP contribution in [0.5, 0.6) is 0 Å². The second kappa shape index (κ2) is 8.21. The van der Waals surface area contributed by atoms with Crippen LogP contribution in [0.25, 0.3) is 5.65 Å². The highest BCUT2D eigenvalue weighted by Crippen LogP contribution is 2.27. The van der Waals surface area contributed by atoms with E-state index in [0.717, 1.165) is 15.9 Å². The van der Waals surface area contributed by atoms with Crippen molar-refractivity contribution < 1.29 is 13.2 Å². The highest BCUT2D eigenvalue weighted by atomic mass is 79.9. The molecule has 1 fully saturated rings.